The summed E-state index contributed by atoms with van der Waals surface area (Å²) in [7, 11) is 2.87. The van der Waals surface area contributed by atoms with E-state index in [0.717, 1.165) is 5.06 Å². The minimum Gasteiger partial charge on any atom is -0.274 e. The molecule has 0 N–H and O–H groups in total. The molecule has 0 fully saturated rings. The highest BCUT2D eigenvalue weighted by Crippen LogP contribution is 2.17. The Labute approximate surface area is 137 Å². The van der Waals surface area contributed by atoms with Gasteiger partial charge in [0.25, 0.3) is 5.91 Å². The van der Waals surface area contributed by atoms with Gasteiger partial charge in [-0.15, -0.1) is 0 Å². The molecule has 118 valence electrons. The molecule has 0 aliphatic carbocycles. The van der Waals surface area contributed by atoms with Gasteiger partial charge in [-0.1, -0.05) is 29.8 Å². The summed E-state index contributed by atoms with van der Waals surface area (Å²) in [5.41, 5.74) is 0.876. The van der Waals surface area contributed by atoms with Crippen molar-refractivity contribution in [3.63, 3.8) is 0 Å². The summed E-state index contributed by atoms with van der Waals surface area (Å²) in [6, 6.07) is 13.8. The van der Waals surface area contributed by atoms with Crippen LogP contribution in [0.1, 0.15) is 10.5 Å². The largest absolute Gasteiger partial charge is 0.339 e. The average molecular weight is 332 g/mol. The maximum Gasteiger partial charge on any atom is 0.339 e. The lowest BCUT2D eigenvalue weighted by atomic mass is 10.2. The predicted octanol–water partition coefficient (Wildman–Crippen LogP) is 2.38. The quantitative estimate of drug-likeness (QED) is 0.692. The maximum atomic E-state index is 12.9. The molecule has 0 bridgehead atoms. The van der Waals surface area contributed by atoms with E-state index in [0.29, 0.717) is 11.2 Å². The summed E-state index contributed by atoms with van der Waals surface area (Å²) in [5.74, 6) is -0.437. The summed E-state index contributed by atoms with van der Waals surface area (Å²) < 4.78 is 2.66. The number of carbonyl (C=O) groups excluding carboxylic acids is 1. The molecule has 1 amide bonds. The van der Waals surface area contributed by atoms with E-state index < -0.39 is 11.6 Å². The maximum absolute atomic E-state index is 12.9. The third-order valence-electron chi connectivity index (χ3n) is 3.56. The second-order valence-electron chi connectivity index (χ2n) is 4.88. The van der Waals surface area contributed by atoms with Crippen LogP contribution in [0, 0.1) is 0 Å². The molecule has 0 unspecified atom stereocenters. The Morgan fingerprint density at radius 2 is 1.87 bits per heavy atom. The Morgan fingerprint density at radius 3 is 2.52 bits per heavy atom. The fraction of sp³-hybridized carbons (Fsp3) is 0.125. The molecule has 1 aromatic carbocycles. The van der Waals surface area contributed by atoms with Gasteiger partial charge in [0, 0.05) is 7.05 Å². The molecule has 23 heavy (non-hydrogen) atoms. The van der Waals surface area contributed by atoms with Crippen LogP contribution in [0.25, 0.3) is 11.2 Å². The summed E-state index contributed by atoms with van der Waals surface area (Å²) >= 11 is 6.09. The molecule has 2 aromatic heterocycles. The van der Waals surface area contributed by atoms with Crippen molar-refractivity contribution in [2.75, 3.05) is 14.2 Å². The van der Waals surface area contributed by atoms with Crippen molar-refractivity contribution in [2.45, 2.75) is 0 Å². The number of carbonyl (C=O) groups is 1. The Kier molecular flexibility index (Phi) is 3.94. The van der Waals surface area contributed by atoms with Gasteiger partial charge in [0.2, 0.25) is 0 Å². The number of hydroxylamine groups is 2. The van der Waals surface area contributed by atoms with E-state index in [1.54, 1.807) is 42.5 Å². The number of benzene rings is 1. The second-order valence-corrected chi connectivity index (χ2v) is 5.27. The molecule has 0 aliphatic rings. The number of halogens is 1. The van der Waals surface area contributed by atoms with Gasteiger partial charge in [-0.05, 0) is 30.3 Å². The van der Waals surface area contributed by atoms with Gasteiger partial charge < -0.3 is 0 Å². The van der Waals surface area contributed by atoms with Crippen molar-refractivity contribution in [3.05, 3.63) is 69.9 Å². The molecule has 6 nitrogen and oxygen atoms in total. The zero-order valence-corrected chi connectivity index (χ0v) is 13.3. The highest BCUT2D eigenvalue weighted by atomic mass is 35.5. The third kappa shape index (κ3) is 2.52. The van der Waals surface area contributed by atoms with Crippen LogP contribution in [0.4, 0.5) is 0 Å². The smallest absolute Gasteiger partial charge is 0.274 e. The molecule has 0 saturated carbocycles. The monoisotopic (exact) mass is 331 g/mol. The Bertz CT molecular complexity index is 931. The van der Waals surface area contributed by atoms with E-state index in [1.807, 2.05) is 6.07 Å². The lowest BCUT2D eigenvalue weighted by Crippen LogP contribution is -2.35. The van der Waals surface area contributed by atoms with Crippen molar-refractivity contribution in [1.29, 1.82) is 0 Å². The Hall–Kier alpha value is -2.57. The van der Waals surface area contributed by atoms with E-state index in [4.69, 9.17) is 16.4 Å². The molecular formula is C16H14ClN3O3. The highest BCUT2D eigenvalue weighted by molar-refractivity contribution is 6.30. The summed E-state index contributed by atoms with van der Waals surface area (Å²) in [5, 5.41) is 1.35. The van der Waals surface area contributed by atoms with Gasteiger partial charge in [0.05, 0.1) is 18.3 Å². The average Bonchev–Trinajstić information content (AvgIpc) is 2.95. The predicted molar refractivity (Wildman–Crippen MR) is 87.1 cm³/mol. The minimum absolute atomic E-state index is 0.188. The Morgan fingerprint density at radius 1 is 1.17 bits per heavy atom. The summed E-state index contributed by atoms with van der Waals surface area (Å²) in [4.78, 5) is 30.4. The zero-order chi connectivity index (χ0) is 16.6. The number of rotatable bonds is 3. The van der Waals surface area contributed by atoms with E-state index in [9.17, 15) is 9.59 Å². The summed E-state index contributed by atoms with van der Waals surface area (Å²) in [6.07, 6.45) is 0. The van der Waals surface area contributed by atoms with Crippen LogP contribution in [0.2, 0.25) is 5.15 Å². The van der Waals surface area contributed by atoms with Crippen molar-refractivity contribution >= 4 is 23.0 Å². The fourth-order valence-corrected chi connectivity index (χ4v) is 2.61. The van der Waals surface area contributed by atoms with Crippen molar-refractivity contribution in [2.24, 2.45) is 0 Å². The molecule has 0 atom stereocenters. The van der Waals surface area contributed by atoms with E-state index in [2.05, 4.69) is 0 Å². The van der Waals surface area contributed by atoms with Gasteiger partial charge in [0.15, 0.2) is 0 Å². The molecule has 0 spiro atoms. The van der Waals surface area contributed by atoms with Gasteiger partial charge in [-0.3, -0.25) is 18.6 Å². The van der Waals surface area contributed by atoms with E-state index >= 15 is 0 Å². The lowest BCUT2D eigenvalue weighted by Gasteiger charge is -2.18. The molecule has 0 saturated heterocycles. The molecule has 7 heteroatoms. The van der Waals surface area contributed by atoms with E-state index in [1.165, 1.54) is 23.1 Å². The molecular weight excluding hydrogens is 318 g/mol. The second kappa shape index (κ2) is 5.91. The molecule has 0 radical (unpaired) electrons. The van der Waals surface area contributed by atoms with Crippen LogP contribution < -0.4 is 5.69 Å². The van der Waals surface area contributed by atoms with Crippen LogP contribution in [0.5, 0.6) is 0 Å². The van der Waals surface area contributed by atoms with Crippen molar-refractivity contribution in [3.8, 4) is 5.69 Å². The first kappa shape index (κ1) is 15.3. The van der Waals surface area contributed by atoms with Crippen molar-refractivity contribution < 1.29 is 9.63 Å². The SMILES string of the molecule is CON(C)C(=O)c1cc2ccc(Cl)n2c(=O)n1-c1ccccc1. The molecule has 2 heterocycles. The van der Waals surface area contributed by atoms with Crippen LogP contribution in [0.3, 0.4) is 0 Å². The number of fused-ring (bicyclic) bond motifs is 1. The van der Waals surface area contributed by atoms with Crippen LogP contribution >= 0.6 is 11.6 Å². The first-order valence-electron chi connectivity index (χ1n) is 6.85. The van der Waals surface area contributed by atoms with Gasteiger partial charge in [-0.2, -0.15) is 0 Å². The van der Waals surface area contributed by atoms with Gasteiger partial charge >= 0.3 is 5.69 Å². The van der Waals surface area contributed by atoms with Crippen molar-refractivity contribution in [1.82, 2.24) is 14.0 Å². The minimum atomic E-state index is -0.437. The van der Waals surface area contributed by atoms with Crippen LogP contribution in [0.15, 0.2) is 53.3 Å². The van der Waals surface area contributed by atoms with Gasteiger partial charge in [0.1, 0.15) is 10.8 Å². The third-order valence-corrected chi connectivity index (χ3v) is 3.86. The van der Waals surface area contributed by atoms with E-state index in [-0.39, 0.29) is 10.8 Å². The lowest BCUT2D eigenvalue weighted by molar-refractivity contribution is -0.0762. The number of hydrogen-bond donors (Lipinski definition) is 0. The molecule has 3 rings (SSSR count). The zero-order valence-electron chi connectivity index (χ0n) is 12.6. The normalized spacial score (nSPS) is 10.9. The van der Waals surface area contributed by atoms with Crippen LogP contribution in [-0.4, -0.2) is 34.1 Å². The number of para-hydroxylation sites is 1. The first-order chi connectivity index (χ1) is 11.0. The summed E-state index contributed by atoms with van der Waals surface area (Å²) in [6.45, 7) is 0. The fourth-order valence-electron chi connectivity index (χ4n) is 2.38. The number of aromatic nitrogens is 2. The molecule has 0 aliphatic heterocycles. The number of hydrogen-bond acceptors (Lipinski definition) is 3. The highest BCUT2D eigenvalue weighted by Gasteiger charge is 2.21. The molecule has 3 aromatic rings. The number of nitrogens with zero attached hydrogens (tertiary/aromatic N) is 3. The Balaban J connectivity index is 2.38. The van der Waals surface area contributed by atoms with Gasteiger partial charge in [-0.25, -0.2) is 9.86 Å². The number of amides is 1. The topological polar surface area (TPSA) is 56.0 Å². The standard InChI is InChI=1S/C16H14ClN3O3/c1-18(23-2)15(21)13-10-12-8-9-14(17)20(12)16(22)19(13)11-6-4-3-5-7-11/h3-10H,1-2H3. The van der Waals surface area contributed by atoms with Crippen LogP contribution in [-0.2, 0) is 4.84 Å². The first-order valence-corrected chi connectivity index (χ1v) is 7.23.